The van der Waals surface area contributed by atoms with Crippen LogP contribution in [0.3, 0.4) is 0 Å². The Hall–Kier alpha value is -3.28. The van der Waals surface area contributed by atoms with E-state index in [4.69, 9.17) is 9.47 Å². The third kappa shape index (κ3) is 3.90. The van der Waals surface area contributed by atoms with Crippen molar-refractivity contribution in [2.45, 2.75) is 31.3 Å². The molecule has 4 N–H and O–H groups in total. The van der Waals surface area contributed by atoms with E-state index in [1.807, 2.05) is 0 Å². The third-order valence-corrected chi connectivity index (χ3v) is 4.88. The molecule has 0 unspecified atom stereocenters. The fraction of sp³-hybridized carbons (Fsp3) is 0.368. The molecule has 0 radical (unpaired) electrons. The van der Waals surface area contributed by atoms with E-state index in [1.165, 1.54) is 10.9 Å². The van der Waals surface area contributed by atoms with Crippen molar-refractivity contribution in [3.05, 3.63) is 46.5 Å². The van der Waals surface area contributed by atoms with Crippen LogP contribution in [0.5, 0.6) is 5.75 Å². The molecule has 2 aromatic heterocycles. The number of aromatic amines is 1. The molecule has 1 saturated heterocycles. The number of benzene rings is 1. The zero-order chi connectivity index (χ0) is 21.3. The van der Waals surface area contributed by atoms with Crippen molar-refractivity contribution in [1.82, 2.24) is 19.5 Å². The molecule has 11 heteroatoms. The van der Waals surface area contributed by atoms with Crippen LogP contribution in [0.25, 0.3) is 11.2 Å². The predicted molar refractivity (Wildman–Crippen MR) is 105 cm³/mol. The summed E-state index contributed by atoms with van der Waals surface area (Å²) in [6, 6.07) is 7.09. The number of nitrogens with one attached hydrogen (secondary N) is 2. The van der Waals surface area contributed by atoms with Gasteiger partial charge in [-0.15, -0.1) is 0 Å². The summed E-state index contributed by atoms with van der Waals surface area (Å²) in [6.07, 6.45) is -0.558. The number of nitrogens with zero attached hydrogens (tertiary/aromatic N) is 3. The number of aliphatic hydroxyl groups is 2. The fourth-order valence-corrected chi connectivity index (χ4v) is 3.39. The van der Waals surface area contributed by atoms with E-state index in [0.717, 1.165) is 5.56 Å². The standard InChI is InChI=1S/C19H21N5O6/c1-29-11-4-2-3-10(5-11)6-14(27)21-19-22-17-16(18(28)23-19)20-9-24(17)15-7-12(26)13(8-25)30-15/h2-5,9,12-13,15,25-26H,6-8H2,1H3,(H2,21,22,23,27,28)/t12-,13+,15+/m0/s1. The van der Waals surface area contributed by atoms with Crippen LogP contribution >= 0.6 is 0 Å². The van der Waals surface area contributed by atoms with Gasteiger partial charge in [0.1, 0.15) is 18.1 Å². The number of rotatable bonds is 6. The number of methoxy groups -OCH3 is 1. The maximum Gasteiger partial charge on any atom is 0.280 e. The van der Waals surface area contributed by atoms with Crippen LogP contribution in [-0.4, -0.2) is 61.6 Å². The SMILES string of the molecule is COc1cccc(CC(=O)Nc2nc3c(ncn3[C@H]3C[C@H](O)[C@@H](CO)O3)c(=O)[nH]2)c1. The summed E-state index contributed by atoms with van der Waals surface area (Å²) in [5.74, 6) is 0.237. The molecule has 30 heavy (non-hydrogen) atoms. The number of carbonyl (C=O) groups excluding carboxylic acids is 1. The minimum atomic E-state index is -0.846. The molecule has 0 saturated carbocycles. The van der Waals surface area contributed by atoms with Crippen molar-refractivity contribution >= 4 is 23.0 Å². The second-order valence-electron chi connectivity index (χ2n) is 6.93. The first-order valence-corrected chi connectivity index (χ1v) is 9.32. The van der Waals surface area contributed by atoms with E-state index < -0.39 is 24.0 Å². The Balaban J connectivity index is 1.56. The monoisotopic (exact) mass is 415 g/mol. The summed E-state index contributed by atoms with van der Waals surface area (Å²) in [4.78, 5) is 35.6. The van der Waals surface area contributed by atoms with Crippen molar-refractivity contribution in [3.63, 3.8) is 0 Å². The zero-order valence-corrected chi connectivity index (χ0v) is 16.1. The van der Waals surface area contributed by atoms with Crippen LogP contribution in [0.4, 0.5) is 5.95 Å². The van der Waals surface area contributed by atoms with E-state index in [2.05, 4.69) is 20.3 Å². The topological polar surface area (TPSA) is 152 Å². The molecular weight excluding hydrogens is 394 g/mol. The minimum Gasteiger partial charge on any atom is -0.497 e. The lowest BCUT2D eigenvalue weighted by molar-refractivity contribution is -0.115. The first kappa shape index (κ1) is 20.0. The summed E-state index contributed by atoms with van der Waals surface area (Å²) < 4.78 is 12.3. The molecule has 1 amide bonds. The molecule has 1 aliphatic rings. The van der Waals surface area contributed by atoms with Gasteiger partial charge >= 0.3 is 0 Å². The molecular formula is C19H21N5O6. The number of fused-ring (bicyclic) bond motifs is 1. The average Bonchev–Trinajstić information content (AvgIpc) is 3.31. The van der Waals surface area contributed by atoms with Crippen molar-refractivity contribution in [3.8, 4) is 5.75 Å². The molecule has 3 aromatic rings. The van der Waals surface area contributed by atoms with E-state index in [0.29, 0.717) is 5.75 Å². The van der Waals surface area contributed by atoms with Crippen LogP contribution < -0.4 is 15.6 Å². The quantitative estimate of drug-likeness (QED) is 0.437. The second kappa shape index (κ2) is 8.22. The second-order valence-corrected chi connectivity index (χ2v) is 6.93. The summed E-state index contributed by atoms with van der Waals surface area (Å²) in [5, 5.41) is 21.8. The Labute approximate surface area is 170 Å². The lowest BCUT2D eigenvalue weighted by Crippen LogP contribution is -2.24. The average molecular weight is 415 g/mol. The van der Waals surface area contributed by atoms with Gasteiger partial charge in [0.15, 0.2) is 11.2 Å². The smallest absolute Gasteiger partial charge is 0.280 e. The lowest BCUT2D eigenvalue weighted by Gasteiger charge is -2.13. The number of anilines is 1. The summed E-state index contributed by atoms with van der Waals surface area (Å²) >= 11 is 0. The highest BCUT2D eigenvalue weighted by Gasteiger charge is 2.35. The first-order chi connectivity index (χ1) is 14.5. The molecule has 0 bridgehead atoms. The molecule has 3 heterocycles. The van der Waals surface area contributed by atoms with Crippen molar-refractivity contribution < 1.29 is 24.5 Å². The van der Waals surface area contributed by atoms with Crippen LogP contribution in [0.15, 0.2) is 35.4 Å². The predicted octanol–water partition coefficient (Wildman–Crippen LogP) is -0.0499. The number of imidazole rings is 1. The Morgan fingerprint density at radius 2 is 2.30 bits per heavy atom. The van der Waals surface area contributed by atoms with Gasteiger partial charge in [0.2, 0.25) is 11.9 Å². The number of carbonyl (C=O) groups is 1. The molecule has 0 spiro atoms. The van der Waals surface area contributed by atoms with Gasteiger partial charge in [-0.2, -0.15) is 4.98 Å². The molecule has 0 aliphatic carbocycles. The van der Waals surface area contributed by atoms with E-state index >= 15 is 0 Å². The number of hydrogen-bond donors (Lipinski definition) is 4. The Kier molecular flexibility index (Phi) is 5.48. The molecule has 1 aromatic carbocycles. The molecule has 1 fully saturated rings. The van der Waals surface area contributed by atoms with Gasteiger partial charge in [0.05, 0.1) is 32.6 Å². The van der Waals surface area contributed by atoms with Gasteiger partial charge in [0, 0.05) is 6.42 Å². The molecule has 11 nitrogen and oxygen atoms in total. The molecule has 4 rings (SSSR count). The number of ether oxygens (including phenoxy) is 2. The minimum absolute atomic E-state index is 0.0283. The lowest BCUT2D eigenvalue weighted by atomic mass is 10.1. The van der Waals surface area contributed by atoms with Crippen molar-refractivity contribution in [1.29, 1.82) is 0 Å². The molecule has 3 atom stereocenters. The zero-order valence-electron chi connectivity index (χ0n) is 16.1. The first-order valence-electron chi connectivity index (χ1n) is 9.32. The highest BCUT2D eigenvalue weighted by atomic mass is 16.5. The maximum absolute atomic E-state index is 12.4. The van der Waals surface area contributed by atoms with E-state index in [1.54, 1.807) is 31.4 Å². The van der Waals surface area contributed by atoms with Crippen molar-refractivity contribution in [2.24, 2.45) is 0 Å². The van der Waals surface area contributed by atoms with Gasteiger partial charge in [0.25, 0.3) is 5.56 Å². The third-order valence-electron chi connectivity index (χ3n) is 4.88. The maximum atomic E-state index is 12.4. The highest BCUT2D eigenvalue weighted by Crippen LogP contribution is 2.30. The van der Waals surface area contributed by atoms with Gasteiger partial charge in [-0.25, -0.2) is 4.98 Å². The number of aliphatic hydroxyl groups excluding tert-OH is 2. The highest BCUT2D eigenvalue weighted by molar-refractivity contribution is 5.91. The van der Waals surface area contributed by atoms with Gasteiger partial charge in [-0.05, 0) is 17.7 Å². The Bertz CT molecular complexity index is 1130. The van der Waals surface area contributed by atoms with E-state index in [9.17, 15) is 19.8 Å². The van der Waals surface area contributed by atoms with Crippen LogP contribution in [0, 0.1) is 0 Å². The number of H-pyrrole nitrogens is 1. The largest absolute Gasteiger partial charge is 0.497 e. The van der Waals surface area contributed by atoms with Crippen LogP contribution in [0.1, 0.15) is 18.2 Å². The number of aromatic nitrogens is 4. The number of amides is 1. The summed E-state index contributed by atoms with van der Waals surface area (Å²) in [7, 11) is 1.54. The van der Waals surface area contributed by atoms with E-state index in [-0.39, 0.29) is 42.5 Å². The molecule has 1 aliphatic heterocycles. The fourth-order valence-electron chi connectivity index (χ4n) is 3.39. The normalized spacial score (nSPS) is 21.1. The van der Waals surface area contributed by atoms with Crippen molar-refractivity contribution in [2.75, 3.05) is 19.0 Å². The number of hydrogen-bond acceptors (Lipinski definition) is 8. The Morgan fingerprint density at radius 3 is 3.03 bits per heavy atom. The van der Waals surface area contributed by atoms with Crippen LogP contribution in [-0.2, 0) is 16.0 Å². The van der Waals surface area contributed by atoms with Gasteiger partial charge in [-0.3, -0.25) is 24.5 Å². The summed E-state index contributed by atoms with van der Waals surface area (Å²) in [5.41, 5.74) is 0.494. The Morgan fingerprint density at radius 1 is 1.47 bits per heavy atom. The molecule has 158 valence electrons. The van der Waals surface area contributed by atoms with Gasteiger partial charge < -0.3 is 19.7 Å². The van der Waals surface area contributed by atoms with Crippen LogP contribution in [0.2, 0.25) is 0 Å². The summed E-state index contributed by atoms with van der Waals surface area (Å²) in [6.45, 7) is -0.329. The van der Waals surface area contributed by atoms with Gasteiger partial charge in [-0.1, -0.05) is 12.1 Å².